The molecule has 1 N–H and O–H groups in total. The van der Waals surface area contributed by atoms with Gasteiger partial charge in [0.1, 0.15) is 17.3 Å². The number of aromatic nitrogens is 4. The molecule has 0 atom stereocenters. The van der Waals surface area contributed by atoms with Crippen LogP contribution in [0.15, 0.2) is 72.6 Å². The van der Waals surface area contributed by atoms with E-state index < -0.39 is 0 Å². The standard InChI is InChI=1S/C27H27ClN6O2/c1-35-21-8-5-19(6-9-21)18-34-24(27-29-22-10-7-20(28)16-23(22)30-27)17-25(31-34)33-11-3-2-4-26(33)32-12-14-36-15-13-32/h2-10,16-17H,11-15,18H2,1H3,(H,29,30). The van der Waals surface area contributed by atoms with E-state index >= 15 is 0 Å². The van der Waals surface area contributed by atoms with Crippen LogP contribution in [0.2, 0.25) is 5.02 Å². The third-order valence-corrected chi connectivity index (χ3v) is 6.74. The summed E-state index contributed by atoms with van der Waals surface area (Å²) in [7, 11) is 1.67. The van der Waals surface area contributed by atoms with Crippen molar-refractivity contribution in [1.82, 2.24) is 24.6 Å². The van der Waals surface area contributed by atoms with Crippen molar-refractivity contribution in [3.63, 3.8) is 0 Å². The van der Waals surface area contributed by atoms with Gasteiger partial charge in [-0.1, -0.05) is 35.9 Å². The van der Waals surface area contributed by atoms with Crippen LogP contribution in [-0.2, 0) is 11.3 Å². The largest absolute Gasteiger partial charge is 0.497 e. The first-order chi connectivity index (χ1) is 17.7. The Morgan fingerprint density at radius 1 is 1.08 bits per heavy atom. The lowest BCUT2D eigenvalue weighted by molar-refractivity contribution is 0.0524. The zero-order valence-corrected chi connectivity index (χ0v) is 20.8. The Labute approximate surface area is 214 Å². The van der Waals surface area contributed by atoms with Gasteiger partial charge in [0.25, 0.3) is 0 Å². The molecule has 36 heavy (non-hydrogen) atoms. The van der Waals surface area contributed by atoms with Crippen LogP contribution in [-0.4, -0.2) is 64.6 Å². The smallest absolute Gasteiger partial charge is 0.157 e. The van der Waals surface area contributed by atoms with E-state index in [2.05, 4.69) is 51.2 Å². The number of anilines is 1. The second kappa shape index (κ2) is 9.72. The quantitative estimate of drug-likeness (QED) is 0.412. The number of nitrogens with zero attached hydrogens (tertiary/aromatic N) is 5. The SMILES string of the molecule is COc1ccc(Cn2nc(N3CC=CC=C3N3CCOCC3)cc2-c2nc3cc(Cl)ccc3[nH]2)cc1. The molecule has 4 heterocycles. The summed E-state index contributed by atoms with van der Waals surface area (Å²) in [6, 6.07) is 15.9. The van der Waals surface area contributed by atoms with Gasteiger partial charge in [0.2, 0.25) is 0 Å². The van der Waals surface area contributed by atoms with Crippen LogP contribution < -0.4 is 9.64 Å². The number of H-pyrrole nitrogens is 1. The molecule has 2 aliphatic rings. The number of hydrogen-bond donors (Lipinski definition) is 1. The fraction of sp³-hybridized carbons (Fsp3) is 0.259. The summed E-state index contributed by atoms with van der Waals surface area (Å²) in [5.74, 6) is 3.59. The number of aromatic amines is 1. The van der Waals surface area contributed by atoms with Gasteiger partial charge >= 0.3 is 0 Å². The number of halogens is 1. The number of ether oxygens (including phenoxy) is 2. The molecule has 0 bridgehead atoms. The number of fused-ring (bicyclic) bond motifs is 1. The normalized spacial score (nSPS) is 16.0. The van der Waals surface area contributed by atoms with Crippen LogP contribution in [0.25, 0.3) is 22.6 Å². The first-order valence-corrected chi connectivity index (χ1v) is 12.4. The Bertz CT molecular complexity index is 1430. The minimum Gasteiger partial charge on any atom is -0.497 e. The van der Waals surface area contributed by atoms with E-state index in [4.69, 9.17) is 31.2 Å². The molecule has 6 rings (SSSR count). The summed E-state index contributed by atoms with van der Waals surface area (Å²) < 4.78 is 12.9. The van der Waals surface area contributed by atoms with Crippen LogP contribution in [0.3, 0.4) is 0 Å². The van der Waals surface area contributed by atoms with Gasteiger partial charge in [0, 0.05) is 30.7 Å². The number of allylic oxidation sites excluding steroid dienone is 2. The highest BCUT2D eigenvalue weighted by molar-refractivity contribution is 6.31. The van der Waals surface area contributed by atoms with Crippen molar-refractivity contribution >= 4 is 28.5 Å². The Morgan fingerprint density at radius 3 is 2.72 bits per heavy atom. The van der Waals surface area contributed by atoms with Crippen molar-refractivity contribution in [2.45, 2.75) is 6.54 Å². The maximum Gasteiger partial charge on any atom is 0.157 e. The van der Waals surface area contributed by atoms with E-state index in [-0.39, 0.29) is 0 Å². The third-order valence-electron chi connectivity index (χ3n) is 6.50. The molecule has 184 valence electrons. The maximum atomic E-state index is 6.22. The van der Waals surface area contributed by atoms with E-state index in [0.717, 1.165) is 78.4 Å². The first-order valence-electron chi connectivity index (χ1n) is 12.0. The molecule has 2 aliphatic heterocycles. The molecule has 0 unspecified atom stereocenters. The number of methoxy groups -OCH3 is 1. The van der Waals surface area contributed by atoms with Gasteiger partial charge in [-0.15, -0.1) is 0 Å². The Kier molecular flexibility index (Phi) is 6.13. The Hall–Kier alpha value is -3.75. The van der Waals surface area contributed by atoms with E-state index in [0.29, 0.717) is 11.6 Å². The summed E-state index contributed by atoms with van der Waals surface area (Å²) in [5, 5.41) is 5.73. The average molecular weight is 503 g/mol. The zero-order chi connectivity index (χ0) is 24.5. The molecule has 0 aliphatic carbocycles. The first kappa shape index (κ1) is 22.7. The molecule has 0 spiro atoms. The number of imidazole rings is 1. The lowest BCUT2D eigenvalue weighted by Gasteiger charge is -2.37. The van der Waals surface area contributed by atoms with Crippen molar-refractivity contribution in [1.29, 1.82) is 0 Å². The van der Waals surface area contributed by atoms with E-state index in [1.165, 1.54) is 0 Å². The molecule has 8 nitrogen and oxygen atoms in total. The molecular formula is C27H27ClN6O2. The highest BCUT2D eigenvalue weighted by Gasteiger charge is 2.25. The van der Waals surface area contributed by atoms with Gasteiger partial charge in [-0.3, -0.25) is 4.68 Å². The van der Waals surface area contributed by atoms with Crippen LogP contribution in [0, 0.1) is 0 Å². The van der Waals surface area contributed by atoms with Crippen molar-refractivity contribution in [2.24, 2.45) is 0 Å². The fourth-order valence-electron chi connectivity index (χ4n) is 4.63. The number of rotatable bonds is 6. The maximum absolute atomic E-state index is 6.22. The topological polar surface area (TPSA) is 71.4 Å². The molecule has 0 radical (unpaired) electrons. The molecule has 4 aromatic rings. The van der Waals surface area contributed by atoms with Gasteiger partial charge in [-0.2, -0.15) is 5.10 Å². The lowest BCUT2D eigenvalue weighted by atomic mass is 10.2. The molecule has 2 aromatic heterocycles. The number of hydrogen-bond acceptors (Lipinski definition) is 6. The summed E-state index contributed by atoms with van der Waals surface area (Å²) in [6.07, 6.45) is 6.41. The highest BCUT2D eigenvalue weighted by atomic mass is 35.5. The average Bonchev–Trinajstić information content (AvgIpc) is 3.53. The second-order valence-electron chi connectivity index (χ2n) is 8.80. The summed E-state index contributed by atoms with van der Waals surface area (Å²) in [4.78, 5) is 12.9. The third kappa shape index (κ3) is 4.45. The Morgan fingerprint density at radius 2 is 1.92 bits per heavy atom. The monoisotopic (exact) mass is 502 g/mol. The van der Waals surface area contributed by atoms with Gasteiger partial charge in [0.05, 0.1) is 37.9 Å². The van der Waals surface area contributed by atoms with E-state index in [1.54, 1.807) is 7.11 Å². The van der Waals surface area contributed by atoms with Gasteiger partial charge in [-0.05, 0) is 42.0 Å². The van der Waals surface area contributed by atoms with Crippen LogP contribution in [0.1, 0.15) is 5.56 Å². The zero-order valence-electron chi connectivity index (χ0n) is 20.0. The van der Waals surface area contributed by atoms with E-state index in [1.807, 2.05) is 35.0 Å². The van der Waals surface area contributed by atoms with Crippen molar-refractivity contribution in [3.05, 3.63) is 83.2 Å². The van der Waals surface area contributed by atoms with Gasteiger partial charge < -0.3 is 24.3 Å². The molecule has 1 fully saturated rings. The molecule has 2 aromatic carbocycles. The van der Waals surface area contributed by atoms with Gasteiger partial charge in [0.15, 0.2) is 11.6 Å². The number of benzene rings is 2. The number of morpholine rings is 1. The molecule has 9 heteroatoms. The predicted octanol–water partition coefficient (Wildman–Crippen LogP) is 4.69. The van der Waals surface area contributed by atoms with Crippen molar-refractivity contribution < 1.29 is 9.47 Å². The molecular weight excluding hydrogens is 476 g/mol. The summed E-state index contributed by atoms with van der Waals surface area (Å²) in [6.45, 7) is 4.52. The van der Waals surface area contributed by atoms with Crippen molar-refractivity contribution in [3.8, 4) is 17.3 Å². The molecule has 1 saturated heterocycles. The van der Waals surface area contributed by atoms with Crippen molar-refractivity contribution in [2.75, 3.05) is 44.9 Å². The minimum absolute atomic E-state index is 0.595. The van der Waals surface area contributed by atoms with Crippen LogP contribution in [0.5, 0.6) is 5.75 Å². The molecule has 0 amide bonds. The lowest BCUT2D eigenvalue weighted by Crippen LogP contribution is -2.43. The Balaban J connectivity index is 1.40. The fourth-order valence-corrected chi connectivity index (χ4v) is 4.80. The van der Waals surface area contributed by atoms with Crippen LogP contribution in [0.4, 0.5) is 5.82 Å². The summed E-state index contributed by atoms with van der Waals surface area (Å²) >= 11 is 6.22. The summed E-state index contributed by atoms with van der Waals surface area (Å²) in [5.41, 5.74) is 3.78. The predicted molar refractivity (Wildman–Crippen MR) is 141 cm³/mol. The highest BCUT2D eigenvalue weighted by Crippen LogP contribution is 2.30. The second-order valence-corrected chi connectivity index (χ2v) is 9.24. The number of nitrogens with one attached hydrogen (secondary N) is 1. The van der Waals surface area contributed by atoms with Crippen LogP contribution >= 0.6 is 11.6 Å². The van der Waals surface area contributed by atoms with E-state index in [9.17, 15) is 0 Å². The van der Waals surface area contributed by atoms with Gasteiger partial charge in [-0.25, -0.2) is 4.98 Å². The minimum atomic E-state index is 0.595. The molecule has 0 saturated carbocycles.